The van der Waals surface area contributed by atoms with E-state index in [1.165, 1.54) is 0 Å². The summed E-state index contributed by atoms with van der Waals surface area (Å²) in [5.74, 6) is 0.0133. The van der Waals surface area contributed by atoms with E-state index < -0.39 is 36.8 Å². The molecule has 0 aromatic heterocycles. The zero-order valence-corrected chi connectivity index (χ0v) is 14.8. The molecule has 0 radical (unpaired) electrons. The van der Waals surface area contributed by atoms with Gasteiger partial charge in [-0.1, -0.05) is 13.8 Å². The van der Waals surface area contributed by atoms with Crippen LogP contribution in [-0.4, -0.2) is 28.7 Å². The van der Waals surface area contributed by atoms with Crippen LogP contribution < -0.4 is 0 Å². The van der Waals surface area contributed by atoms with Gasteiger partial charge in [0.2, 0.25) is 0 Å². The van der Waals surface area contributed by atoms with Crippen molar-refractivity contribution in [2.75, 3.05) is 6.61 Å². The Balaban J connectivity index is 1.70. The molecule has 2 N–H and O–H groups in total. The number of aliphatic hydroxyl groups is 2. The van der Waals surface area contributed by atoms with E-state index in [9.17, 15) is 15.0 Å². The van der Waals surface area contributed by atoms with Gasteiger partial charge in [0.05, 0.1) is 7.45 Å². The van der Waals surface area contributed by atoms with E-state index in [-0.39, 0.29) is 29.5 Å². The number of ketones is 1. The van der Waals surface area contributed by atoms with Crippen LogP contribution in [-0.2, 0) is 4.79 Å². The van der Waals surface area contributed by atoms with Gasteiger partial charge in [0.1, 0.15) is 6.61 Å². The third kappa shape index (κ3) is 2.26. The minimum Gasteiger partial charge on any atom is -0.393 e. The van der Waals surface area contributed by atoms with Crippen LogP contribution in [0.25, 0.3) is 0 Å². The lowest BCUT2D eigenvalue weighted by Crippen LogP contribution is -2.54. The molecule has 0 saturated heterocycles. The summed E-state index contributed by atoms with van der Waals surface area (Å²) in [6.45, 7) is 3.74. The van der Waals surface area contributed by atoms with Gasteiger partial charge < -0.3 is 10.2 Å². The molecule has 0 aromatic carbocycles. The molecule has 4 aliphatic carbocycles. The smallest absolute Gasteiger partial charge is 0.161 e. The molecule has 0 bridgehead atoms. The number of aliphatic hydroxyl groups excluding tert-OH is 1. The predicted molar refractivity (Wildman–Crippen MR) is 93.3 cm³/mol. The first-order valence-corrected chi connectivity index (χ1v) is 9.60. The molecule has 4 aliphatic rings. The molecule has 0 unspecified atom stereocenters. The van der Waals surface area contributed by atoms with Crippen LogP contribution in [0.3, 0.4) is 0 Å². The molecule has 0 aliphatic heterocycles. The van der Waals surface area contributed by atoms with Crippen molar-refractivity contribution in [2.45, 2.75) is 77.6 Å². The van der Waals surface area contributed by atoms with Gasteiger partial charge in [0, 0.05) is 11.4 Å². The number of carbonyl (C=O) groups excluding carboxylic acids is 1. The van der Waals surface area contributed by atoms with Crippen LogP contribution >= 0.6 is 0 Å². The standard InChI is InChI=1S/C21H34O3/c1-20-9-7-14(23)11-13(20)3-4-15-16-5-6-18(19(24)12-22)21(16,2)10-8-17(15)20/h13-18,22-23H,3-12H2,1-2H3/t13-,14-,15+,16+,17+,18-,20+,21+/m1/s1/i7D2,11D2,14D. The molecule has 8 atom stereocenters. The average molecular weight is 340 g/mol. The van der Waals surface area contributed by atoms with Crippen LogP contribution in [0.2, 0.25) is 0 Å². The molecule has 3 heteroatoms. The molecule has 0 aromatic rings. The van der Waals surface area contributed by atoms with E-state index >= 15 is 0 Å². The van der Waals surface area contributed by atoms with E-state index in [0.717, 1.165) is 32.1 Å². The van der Waals surface area contributed by atoms with Crippen molar-refractivity contribution in [2.24, 2.45) is 40.4 Å². The van der Waals surface area contributed by atoms with Crippen molar-refractivity contribution in [3.8, 4) is 0 Å². The Morgan fingerprint density at radius 1 is 1.12 bits per heavy atom. The summed E-state index contributed by atoms with van der Waals surface area (Å²) >= 11 is 0. The number of rotatable bonds is 2. The molecular formula is C21H34O3. The Bertz CT molecular complexity index is 710. The van der Waals surface area contributed by atoms with E-state index in [2.05, 4.69) is 6.92 Å². The van der Waals surface area contributed by atoms with E-state index in [1.807, 2.05) is 6.92 Å². The summed E-state index contributed by atoms with van der Waals surface area (Å²) in [4.78, 5) is 12.4. The highest BCUT2D eigenvalue weighted by atomic mass is 16.3. The normalized spacial score (nSPS) is 64.2. The predicted octanol–water partition coefficient (Wildman–Crippen LogP) is 3.57. The molecule has 0 heterocycles. The van der Waals surface area contributed by atoms with Gasteiger partial charge in [-0.25, -0.2) is 0 Å². The monoisotopic (exact) mass is 339 g/mol. The summed E-state index contributed by atoms with van der Waals surface area (Å²) in [5.41, 5.74) is -0.767. The van der Waals surface area contributed by atoms with Crippen molar-refractivity contribution in [3.63, 3.8) is 0 Å². The van der Waals surface area contributed by atoms with Crippen LogP contribution in [0.4, 0.5) is 0 Å². The third-order valence-corrected chi connectivity index (χ3v) is 8.36. The number of hydrogen-bond acceptors (Lipinski definition) is 3. The third-order valence-electron chi connectivity index (χ3n) is 8.36. The van der Waals surface area contributed by atoms with Crippen molar-refractivity contribution >= 4 is 5.78 Å². The highest BCUT2D eigenvalue weighted by Gasteiger charge is 2.60. The fourth-order valence-corrected chi connectivity index (χ4v) is 7.08. The van der Waals surface area contributed by atoms with Gasteiger partial charge in [-0.05, 0) is 92.2 Å². The summed E-state index contributed by atoms with van der Waals surface area (Å²) in [7, 11) is 0. The second-order valence-electron chi connectivity index (χ2n) is 9.16. The number of fused-ring (bicyclic) bond motifs is 5. The van der Waals surface area contributed by atoms with E-state index in [4.69, 9.17) is 6.85 Å². The van der Waals surface area contributed by atoms with Crippen LogP contribution in [0.5, 0.6) is 0 Å². The van der Waals surface area contributed by atoms with Crippen molar-refractivity contribution < 1.29 is 21.9 Å². The zero-order chi connectivity index (χ0) is 21.6. The SMILES string of the molecule is [2H]C1([2H])C[C@@]2(C)[C@H](CC[C@@H]3[C@@H]2CC[C@]2(C)[C@@H](C(=O)CO)CC[C@@H]32)C([2H])([2H])[C@]1([2H])O. The van der Waals surface area contributed by atoms with Gasteiger partial charge in [-0.3, -0.25) is 4.79 Å². The molecule has 0 spiro atoms. The van der Waals surface area contributed by atoms with Crippen molar-refractivity contribution in [1.29, 1.82) is 0 Å². The first-order valence-electron chi connectivity index (χ1n) is 12.1. The van der Waals surface area contributed by atoms with Crippen LogP contribution in [0.1, 0.15) is 78.4 Å². The van der Waals surface area contributed by atoms with Gasteiger partial charge in [0.25, 0.3) is 0 Å². The highest BCUT2D eigenvalue weighted by molar-refractivity contribution is 5.83. The second kappa shape index (κ2) is 5.81. The molecule has 4 saturated carbocycles. The second-order valence-corrected chi connectivity index (χ2v) is 9.16. The Labute approximate surface area is 153 Å². The Hall–Kier alpha value is -0.410. The lowest BCUT2D eigenvalue weighted by atomic mass is 9.44. The quantitative estimate of drug-likeness (QED) is 0.808. The van der Waals surface area contributed by atoms with Crippen LogP contribution in [0, 0.1) is 40.4 Å². The highest BCUT2D eigenvalue weighted by Crippen LogP contribution is 2.67. The van der Waals surface area contributed by atoms with Crippen molar-refractivity contribution in [3.05, 3.63) is 0 Å². The van der Waals surface area contributed by atoms with Crippen molar-refractivity contribution in [1.82, 2.24) is 0 Å². The summed E-state index contributed by atoms with van der Waals surface area (Å²) in [6, 6.07) is 0. The zero-order valence-electron chi connectivity index (χ0n) is 19.8. The molecular weight excluding hydrogens is 300 g/mol. The molecule has 3 nitrogen and oxygen atoms in total. The average Bonchev–Trinajstić information content (AvgIpc) is 2.96. The number of Topliss-reactive ketones (excluding diaryl/α,β-unsaturated/α-hetero) is 1. The lowest BCUT2D eigenvalue weighted by molar-refractivity contribution is -0.141. The van der Waals surface area contributed by atoms with Gasteiger partial charge >= 0.3 is 0 Å². The van der Waals surface area contributed by atoms with Gasteiger partial charge in [-0.2, -0.15) is 0 Å². The first-order chi connectivity index (χ1) is 13.2. The minimum atomic E-state index is -2.76. The Morgan fingerprint density at radius 3 is 2.62 bits per heavy atom. The molecule has 136 valence electrons. The number of hydrogen-bond donors (Lipinski definition) is 2. The maximum Gasteiger partial charge on any atom is 0.161 e. The number of carbonyl (C=O) groups is 1. The molecule has 4 rings (SSSR count). The first kappa shape index (κ1) is 12.1. The fourth-order valence-electron chi connectivity index (χ4n) is 7.08. The van der Waals surface area contributed by atoms with Crippen LogP contribution in [0.15, 0.2) is 0 Å². The Morgan fingerprint density at radius 2 is 1.88 bits per heavy atom. The maximum atomic E-state index is 12.4. The summed E-state index contributed by atoms with van der Waals surface area (Å²) in [6.07, 6.45) is -2.72. The van der Waals surface area contributed by atoms with E-state index in [0.29, 0.717) is 18.3 Å². The maximum absolute atomic E-state index is 12.4. The van der Waals surface area contributed by atoms with E-state index in [1.54, 1.807) is 0 Å². The molecule has 4 fully saturated rings. The van der Waals surface area contributed by atoms with Gasteiger partial charge in [0.15, 0.2) is 5.78 Å². The lowest BCUT2D eigenvalue weighted by Gasteiger charge is -2.60. The summed E-state index contributed by atoms with van der Waals surface area (Å²) in [5, 5.41) is 20.0. The Kier molecular flexibility index (Phi) is 2.92. The topological polar surface area (TPSA) is 57.5 Å². The fraction of sp³-hybridized carbons (Fsp3) is 0.952. The molecule has 24 heavy (non-hydrogen) atoms. The minimum absolute atomic E-state index is 0.00617. The van der Waals surface area contributed by atoms with Gasteiger partial charge in [-0.15, -0.1) is 0 Å². The summed E-state index contributed by atoms with van der Waals surface area (Å²) < 4.78 is 42.0. The largest absolute Gasteiger partial charge is 0.393 e. The molecule has 0 amide bonds.